The smallest absolute Gasteiger partial charge is 0.324 e. The lowest BCUT2D eigenvalue weighted by Crippen LogP contribution is -1.90. The molecule has 0 atom stereocenters. The summed E-state index contributed by atoms with van der Waals surface area (Å²) in [7, 11) is -3.89. The van der Waals surface area contributed by atoms with Crippen molar-refractivity contribution in [2.75, 3.05) is 11.9 Å². The van der Waals surface area contributed by atoms with Crippen molar-refractivity contribution in [1.82, 2.24) is 10.2 Å². The summed E-state index contributed by atoms with van der Waals surface area (Å²) in [5, 5.41) is 7.31. The van der Waals surface area contributed by atoms with Crippen molar-refractivity contribution in [2.24, 2.45) is 0 Å². The third kappa shape index (κ3) is 4.90. The Labute approximate surface area is 88.5 Å². The summed E-state index contributed by atoms with van der Waals surface area (Å²) in [5.41, 5.74) is 0. The summed E-state index contributed by atoms with van der Waals surface area (Å²) >= 11 is 7.23. The Balaban J connectivity index is 2.32. The summed E-state index contributed by atoms with van der Waals surface area (Å²) in [6.45, 7) is 0. The highest BCUT2D eigenvalue weighted by Gasteiger charge is 2.13. The summed E-state index contributed by atoms with van der Waals surface area (Å²) in [5.74, 6) is 0.328. The first-order valence-electron chi connectivity index (χ1n) is 3.15. The highest BCUT2D eigenvalue weighted by Crippen LogP contribution is 2.36. The number of aromatic nitrogens is 2. The molecule has 1 rings (SSSR count). The predicted molar refractivity (Wildman–Crippen MR) is 53.4 cm³/mol. The van der Waals surface area contributed by atoms with Crippen molar-refractivity contribution in [2.45, 2.75) is 8.68 Å². The van der Waals surface area contributed by atoms with Crippen LogP contribution in [0.5, 0.6) is 0 Å². The minimum atomic E-state index is -3.89. The molecule has 0 saturated heterocycles. The highest BCUT2D eigenvalue weighted by atomic mass is 32.2. The largest absolute Gasteiger partial charge is 0.326 e. The average molecular weight is 257 g/mol. The van der Waals surface area contributed by atoms with Crippen molar-refractivity contribution in [3.8, 4) is 0 Å². The lowest BCUT2D eigenvalue weighted by atomic mass is 11.0. The van der Waals surface area contributed by atoms with Gasteiger partial charge in [0.1, 0.15) is 0 Å². The molecule has 1 radical (unpaired) electrons. The van der Waals surface area contributed by atoms with Crippen LogP contribution in [-0.4, -0.2) is 31.9 Å². The molecule has 2 N–H and O–H groups in total. The first-order chi connectivity index (χ1) is 5.97. The zero-order valence-electron chi connectivity index (χ0n) is 6.28. The first-order valence-corrected chi connectivity index (χ1v) is 7.16. The predicted octanol–water partition coefficient (Wildman–Crippen LogP) is 1.36. The third-order valence-electron chi connectivity index (χ3n) is 0.996. The van der Waals surface area contributed by atoms with Crippen molar-refractivity contribution in [3.63, 3.8) is 0 Å². The maximum atomic E-state index is 10.5. The van der Waals surface area contributed by atoms with Gasteiger partial charge in [-0.1, -0.05) is 23.1 Å². The molecule has 0 spiro atoms. The van der Waals surface area contributed by atoms with Crippen LogP contribution in [0.4, 0.5) is 0 Å². The molecule has 1 aromatic heterocycles. The minimum Gasteiger partial charge on any atom is -0.324 e. The number of thioether (sulfide) groups is 1. The molecule has 1 aromatic rings. The second kappa shape index (κ2) is 4.68. The molecular weight excluding hydrogens is 251 g/mol. The Morgan fingerprint density at radius 2 is 2.23 bits per heavy atom. The molecule has 13 heavy (non-hydrogen) atoms. The summed E-state index contributed by atoms with van der Waals surface area (Å²) in [6, 6.07) is 0. The van der Waals surface area contributed by atoms with Gasteiger partial charge in [-0.05, 0) is 12.6 Å². The van der Waals surface area contributed by atoms with Gasteiger partial charge in [-0.3, -0.25) is 4.57 Å². The number of nitrogens with zero attached hydrogens (tertiary/aromatic N) is 2. The zero-order chi connectivity index (χ0) is 9.90. The molecule has 0 aliphatic rings. The normalized spacial score (nSPS) is 11.8. The van der Waals surface area contributed by atoms with Crippen molar-refractivity contribution in [3.05, 3.63) is 0 Å². The monoisotopic (exact) mass is 257 g/mol. The summed E-state index contributed by atoms with van der Waals surface area (Å²) in [6.07, 6.45) is -0.149. The second-order valence-corrected chi connectivity index (χ2v) is 6.81. The van der Waals surface area contributed by atoms with Gasteiger partial charge in [0.05, 0.1) is 6.16 Å². The Morgan fingerprint density at radius 1 is 1.54 bits per heavy atom. The number of rotatable bonds is 4. The van der Waals surface area contributed by atoms with E-state index in [-0.39, 0.29) is 6.16 Å². The second-order valence-electron chi connectivity index (χ2n) is 2.07. The molecule has 73 valence electrons. The van der Waals surface area contributed by atoms with Gasteiger partial charge in [-0.2, -0.15) is 0 Å². The van der Waals surface area contributed by atoms with Gasteiger partial charge >= 0.3 is 7.60 Å². The first kappa shape index (κ1) is 11.4. The number of hydrogen-bond donors (Lipinski definition) is 2. The average Bonchev–Trinajstić information content (AvgIpc) is 2.33. The SMILES string of the molecule is O=P(O)(O)CCSc1nnc([S])s1. The van der Waals surface area contributed by atoms with E-state index in [0.717, 1.165) is 0 Å². The van der Waals surface area contributed by atoms with Gasteiger partial charge in [-0.15, -0.1) is 10.2 Å². The topological polar surface area (TPSA) is 83.3 Å². The standard InChI is InChI=1S/C4H6N2O3PS3/c7-10(8,9)1-2-12-4-6-5-3(11)13-4/h1-2H2,(H2,7,8,9). The quantitative estimate of drug-likeness (QED) is 0.626. The molecule has 0 aliphatic heterocycles. The van der Waals surface area contributed by atoms with Crippen LogP contribution in [0.25, 0.3) is 0 Å². The zero-order valence-corrected chi connectivity index (χ0v) is 9.63. The Kier molecular flexibility index (Phi) is 4.08. The summed E-state index contributed by atoms with van der Waals surface area (Å²) in [4.78, 5) is 17.1. The van der Waals surface area contributed by atoms with Crippen LogP contribution >= 0.6 is 43.3 Å². The van der Waals surface area contributed by atoms with E-state index in [1.165, 1.54) is 23.1 Å². The molecule has 0 bridgehead atoms. The van der Waals surface area contributed by atoms with Crippen LogP contribution in [0.2, 0.25) is 0 Å². The van der Waals surface area contributed by atoms with E-state index in [4.69, 9.17) is 22.4 Å². The maximum Gasteiger partial charge on any atom is 0.326 e. The Morgan fingerprint density at radius 3 is 2.69 bits per heavy atom. The molecular formula is C4H6N2O3PS3. The van der Waals surface area contributed by atoms with Crippen LogP contribution in [0, 0.1) is 0 Å². The highest BCUT2D eigenvalue weighted by molar-refractivity contribution is 8.01. The fraction of sp³-hybridized carbons (Fsp3) is 0.500. The van der Waals surface area contributed by atoms with Crippen LogP contribution < -0.4 is 0 Å². The van der Waals surface area contributed by atoms with Crippen LogP contribution in [0.1, 0.15) is 0 Å². The molecule has 0 saturated carbocycles. The maximum absolute atomic E-state index is 10.5. The van der Waals surface area contributed by atoms with E-state index >= 15 is 0 Å². The van der Waals surface area contributed by atoms with Crippen LogP contribution in [0.3, 0.4) is 0 Å². The molecule has 1 heterocycles. The molecule has 0 aromatic carbocycles. The third-order valence-corrected chi connectivity index (χ3v) is 4.29. The van der Waals surface area contributed by atoms with E-state index in [1.807, 2.05) is 0 Å². The molecule has 5 nitrogen and oxygen atoms in total. The van der Waals surface area contributed by atoms with Gasteiger partial charge in [-0.25, -0.2) is 0 Å². The van der Waals surface area contributed by atoms with E-state index in [1.54, 1.807) is 0 Å². The lowest BCUT2D eigenvalue weighted by molar-refractivity contribution is 0.375. The van der Waals surface area contributed by atoms with Crippen molar-refractivity contribution in [1.29, 1.82) is 0 Å². The van der Waals surface area contributed by atoms with Gasteiger partial charge in [0.25, 0.3) is 0 Å². The fourth-order valence-electron chi connectivity index (χ4n) is 0.507. The van der Waals surface area contributed by atoms with Crippen LogP contribution in [0.15, 0.2) is 8.68 Å². The van der Waals surface area contributed by atoms with Gasteiger partial charge in [0, 0.05) is 5.75 Å². The number of hydrogen-bond acceptors (Lipinski definition) is 5. The molecule has 0 amide bonds. The van der Waals surface area contributed by atoms with E-state index in [2.05, 4.69) is 10.2 Å². The fourth-order valence-corrected chi connectivity index (χ4v) is 3.57. The molecule has 9 heteroatoms. The van der Waals surface area contributed by atoms with Gasteiger partial charge < -0.3 is 9.79 Å². The van der Waals surface area contributed by atoms with Gasteiger partial charge in [0.2, 0.25) is 4.34 Å². The van der Waals surface area contributed by atoms with E-state index in [0.29, 0.717) is 14.4 Å². The Bertz CT molecular complexity index is 324. The van der Waals surface area contributed by atoms with Crippen molar-refractivity contribution < 1.29 is 14.4 Å². The molecule has 0 aliphatic carbocycles. The summed E-state index contributed by atoms with van der Waals surface area (Å²) < 4.78 is 11.5. The lowest BCUT2D eigenvalue weighted by Gasteiger charge is -2.00. The Hall–Kier alpha value is 0.280. The minimum absolute atomic E-state index is 0.149. The molecule has 0 unspecified atom stereocenters. The van der Waals surface area contributed by atoms with Crippen LogP contribution in [-0.2, 0) is 4.57 Å². The van der Waals surface area contributed by atoms with Gasteiger partial charge in [0.15, 0.2) is 4.34 Å². The van der Waals surface area contributed by atoms with Crippen molar-refractivity contribution >= 4 is 43.3 Å². The van der Waals surface area contributed by atoms with E-state index < -0.39 is 7.60 Å². The van der Waals surface area contributed by atoms with E-state index in [9.17, 15) is 4.57 Å². The molecule has 0 fully saturated rings.